The fourth-order valence-corrected chi connectivity index (χ4v) is 4.59. The molecule has 0 bridgehead atoms. The minimum absolute atomic E-state index is 0.0267. The van der Waals surface area contributed by atoms with Gasteiger partial charge in [-0.1, -0.05) is 13.3 Å². The van der Waals surface area contributed by atoms with Crippen molar-refractivity contribution in [3.63, 3.8) is 0 Å². The second-order valence-corrected chi connectivity index (χ2v) is 7.34. The van der Waals surface area contributed by atoms with Crippen molar-refractivity contribution in [2.75, 3.05) is 13.1 Å². The molecule has 2 aromatic rings. The SMILES string of the molecule is CC[C@]1(O)CCC[C@H]2CN(C(=O)c3ccc4nc(C)oc4c3)C[C@H]21. The van der Waals surface area contributed by atoms with Gasteiger partial charge in [0, 0.05) is 31.5 Å². The third-order valence-electron chi connectivity index (χ3n) is 5.96. The van der Waals surface area contributed by atoms with Gasteiger partial charge >= 0.3 is 0 Å². The number of rotatable bonds is 2. The molecule has 1 aromatic carbocycles. The summed E-state index contributed by atoms with van der Waals surface area (Å²) in [6.07, 6.45) is 3.78. The van der Waals surface area contributed by atoms with Crippen LogP contribution in [0, 0.1) is 18.8 Å². The molecule has 1 saturated carbocycles. The van der Waals surface area contributed by atoms with Gasteiger partial charge < -0.3 is 14.4 Å². The maximum absolute atomic E-state index is 12.9. The molecule has 3 atom stereocenters. The van der Waals surface area contributed by atoms with Crippen molar-refractivity contribution < 1.29 is 14.3 Å². The van der Waals surface area contributed by atoms with Gasteiger partial charge in [0.25, 0.3) is 5.91 Å². The molecule has 1 amide bonds. The largest absolute Gasteiger partial charge is 0.441 e. The summed E-state index contributed by atoms with van der Waals surface area (Å²) >= 11 is 0. The number of amides is 1. The number of hydrogen-bond acceptors (Lipinski definition) is 4. The predicted octanol–water partition coefficient (Wildman–Crippen LogP) is 3.15. The molecule has 1 saturated heterocycles. The highest BCUT2D eigenvalue weighted by atomic mass is 16.3. The monoisotopic (exact) mass is 328 g/mol. The van der Waals surface area contributed by atoms with Crippen LogP contribution < -0.4 is 0 Å². The molecule has 1 N–H and O–H groups in total. The van der Waals surface area contributed by atoms with Crippen LogP contribution >= 0.6 is 0 Å². The normalized spacial score (nSPS) is 29.9. The highest BCUT2D eigenvalue weighted by Gasteiger charge is 2.48. The van der Waals surface area contributed by atoms with Crippen LogP contribution in [0.1, 0.15) is 48.9 Å². The molecule has 2 heterocycles. The summed E-state index contributed by atoms with van der Waals surface area (Å²) in [5, 5.41) is 10.9. The van der Waals surface area contributed by atoms with E-state index in [-0.39, 0.29) is 11.8 Å². The zero-order chi connectivity index (χ0) is 16.9. The average Bonchev–Trinajstić information content (AvgIpc) is 3.16. The molecule has 5 nitrogen and oxygen atoms in total. The van der Waals surface area contributed by atoms with Gasteiger partial charge in [-0.15, -0.1) is 0 Å². The Hall–Kier alpha value is -1.88. The first-order chi connectivity index (χ1) is 11.5. The molecular formula is C19H24N2O3. The van der Waals surface area contributed by atoms with Crippen molar-refractivity contribution in [1.82, 2.24) is 9.88 Å². The van der Waals surface area contributed by atoms with Crippen LogP contribution in [-0.4, -0.2) is 39.6 Å². The summed E-state index contributed by atoms with van der Waals surface area (Å²) in [5.74, 6) is 1.26. The van der Waals surface area contributed by atoms with Crippen molar-refractivity contribution in [2.45, 2.75) is 45.1 Å². The Bertz CT molecular complexity index is 784. The van der Waals surface area contributed by atoms with E-state index in [1.807, 2.05) is 24.0 Å². The average molecular weight is 328 g/mol. The second-order valence-electron chi connectivity index (χ2n) is 7.34. The number of aromatic nitrogens is 1. The van der Waals surface area contributed by atoms with Crippen LogP contribution in [0.15, 0.2) is 22.6 Å². The van der Waals surface area contributed by atoms with E-state index in [9.17, 15) is 9.90 Å². The molecule has 1 aliphatic carbocycles. The van der Waals surface area contributed by atoms with Gasteiger partial charge in [-0.25, -0.2) is 4.98 Å². The number of oxazole rings is 1. The van der Waals surface area contributed by atoms with Gasteiger partial charge in [0.05, 0.1) is 5.60 Å². The third kappa shape index (κ3) is 2.42. The van der Waals surface area contributed by atoms with Crippen LogP contribution in [-0.2, 0) is 0 Å². The summed E-state index contributed by atoms with van der Waals surface area (Å²) < 4.78 is 5.54. The Kier molecular flexibility index (Phi) is 3.64. The molecule has 1 aliphatic heterocycles. The van der Waals surface area contributed by atoms with Gasteiger partial charge in [-0.05, 0) is 43.4 Å². The van der Waals surface area contributed by atoms with E-state index in [1.165, 1.54) is 0 Å². The standard InChI is InChI=1S/C19H24N2O3/c1-3-19(23)8-4-5-14-10-21(11-15(14)19)18(22)13-6-7-16-17(9-13)24-12(2)20-16/h6-7,9,14-15,23H,3-5,8,10-11H2,1-2H3/t14-,15+,19-/m0/s1. The number of benzene rings is 1. The van der Waals surface area contributed by atoms with Gasteiger partial charge in [-0.2, -0.15) is 0 Å². The molecule has 0 radical (unpaired) electrons. The van der Waals surface area contributed by atoms with E-state index in [0.717, 1.165) is 37.7 Å². The molecule has 2 fully saturated rings. The number of aryl methyl sites for hydroxylation is 1. The van der Waals surface area contributed by atoms with E-state index in [1.54, 1.807) is 13.0 Å². The molecule has 24 heavy (non-hydrogen) atoms. The predicted molar refractivity (Wildman–Crippen MR) is 90.7 cm³/mol. The molecule has 1 aromatic heterocycles. The Morgan fingerprint density at radius 3 is 3.08 bits per heavy atom. The smallest absolute Gasteiger partial charge is 0.254 e. The highest BCUT2D eigenvalue weighted by molar-refractivity contribution is 5.97. The van der Waals surface area contributed by atoms with E-state index in [0.29, 0.717) is 29.5 Å². The Balaban J connectivity index is 1.58. The zero-order valence-electron chi connectivity index (χ0n) is 14.3. The molecule has 128 valence electrons. The van der Waals surface area contributed by atoms with Gasteiger partial charge in [0.15, 0.2) is 11.5 Å². The lowest BCUT2D eigenvalue weighted by atomic mass is 9.69. The van der Waals surface area contributed by atoms with Crippen LogP contribution in [0.2, 0.25) is 0 Å². The van der Waals surface area contributed by atoms with Gasteiger partial charge in [0.2, 0.25) is 0 Å². The molecule has 5 heteroatoms. The molecular weight excluding hydrogens is 304 g/mol. The second kappa shape index (κ2) is 5.59. The first-order valence-corrected chi connectivity index (χ1v) is 8.89. The number of carbonyl (C=O) groups excluding carboxylic acids is 1. The summed E-state index contributed by atoms with van der Waals surface area (Å²) in [6, 6.07) is 5.44. The zero-order valence-corrected chi connectivity index (χ0v) is 14.3. The number of aliphatic hydroxyl groups is 1. The topological polar surface area (TPSA) is 66.6 Å². The van der Waals surface area contributed by atoms with Crippen LogP contribution in [0.5, 0.6) is 0 Å². The Morgan fingerprint density at radius 2 is 2.29 bits per heavy atom. The summed E-state index contributed by atoms with van der Waals surface area (Å²) in [5.41, 5.74) is 1.46. The van der Waals surface area contributed by atoms with Gasteiger partial charge in [0.1, 0.15) is 5.52 Å². The lowest BCUT2D eigenvalue weighted by Gasteiger charge is -2.40. The van der Waals surface area contributed by atoms with Crippen molar-refractivity contribution in [1.29, 1.82) is 0 Å². The first-order valence-electron chi connectivity index (χ1n) is 8.89. The molecule has 0 unspecified atom stereocenters. The van der Waals surface area contributed by atoms with E-state index in [4.69, 9.17) is 4.42 Å². The molecule has 4 rings (SSSR count). The minimum Gasteiger partial charge on any atom is -0.441 e. The Labute approximate surface area is 141 Å². The quantitative estimate of drug-likeness (QED) is 0.919. The lowest BCUT2D eigenvalue weighted by Crippen LogP contribution is -2.44. The third-order valence-corrected chi connectivity index (χ3v) is 5.96. The van der Waals surface area contributed by atoms with Crippen LogP contribution in [0.3, 0.4) is 0 Å². The number of carbonyl (C=O) groups is 1. The maximum Gasteiger partial charge on any atom is 0.254 e. The van der Waals surface area contributed by atoms with Crippen molar-refractivity contribution >= 4 is 17.0 Å². The van der Waals surface area contributed by atoms with E-state index >= 15 is 0 Å². The summed E-state index contributed by atoms with van der Waals surface area (Å²) in [4.78, 5) is 19.1. The van der Waals surface area contributed by atoms with Crippen LogP contribution in [0.4, 0.5) is 0 Å². The minimum atomic E-state index is -0.607. The maximum atomic E-state index is 12.9. The van der Waals surface area contributed by atoms with Crippen molar-refractivity contribution in [2.24, 2.45) is 11.8 Å². The number of nitrogens with zero attached hydrogens (tertiary/aromatic N) is 2. The van der Waals surface area contributed by atoms with Crippen molar-refractivity contribution in [3.8, 4) is 0 Å². The number of hydrogen-bond donors (Lipinski definition) is 1. The fourth-order valence-electron chi connectivity index (χ4n) is 4.59. The lowest BCUT2D eigenvalue weighted by molar-refractivity contribution is -0.0609. The van der Waals surface area contributed by atoms with Crippen LogP contribution in [0.25, 0.3) is 11.1 Å². The Morgan fingerprint density at radius 1 is 1.46 bits per heavy atom. The number of fused-ring (bicyclic) bond motifs is 2. The number of likely N-dealkylation sites (tertiary alicyclic amines) is 1. The molecule has 0 spiro atoms. The van der Waals surface area contributed by atoms with E-state index in [2.05, 4.69) is 4.98 Å². The fraction of sp³-hybridized carbons (Fsp3) is 0.579. The first kappa shape index (κ1) is 15.6. The summed E-state index contributed by atoms with van der Waals surface area (Å²) in [7, 11) is 0. The van der Waals surface area contributed by atoms with Crippen molar-refractivity contribution in [3.05, 3.63) is 29.7 Å². The molecule has 2 aliphatic rings. The van der Waals surface area contributed by atoms with E-state index < -0.39 is 5.60 Å². The van der Waals surface area contributed by atoms with Gasteiger partial charge in [-0.3, -0.25) is 4.79 Å². The summed E-state index contributed by atoms with van der Waals surface area (Å²) in [6.45, 7) is 5.26. The highest BCUT2D eigenvalue weighted by Crippen LogP contribution is 2.44.